The Labute approximate surface area is 436 Å². The number of nitrogens with zero attached hydrogens (tertiary/aromatic N) is 5. The molecule has 0 bridgehead atoms. The molecule has 366 valence electrons. The first kappa shape index (κ1) is 48.2. The molecule has 11 aromatic rings. The van der Waals surface area contributed by atoms with Gasteiger partial charge in [-0.15, -0.1) is 0 Å². The van der Waals surface area contributed by atoms with Crippen molar-refractivity contribution >= 4 is 43.6 Å². The van der Waals surface area contributed by atoms with Gasteiger partial charge >= 0.3 is 0 Å². The molecular formula is C69H65N5. The minimum atomic E-state index is -0.0602. The first-order valence-electron chi connectivity index (χ1n) is 26.0. The highest BCUT2D eigenvalue weighted by Crippen LogP contribution is 2.45. The van der Waals surface area contributed by atoms with Gasteiger partial charge in [0.15, 0.2) is 5.82 Å². The Balaban J connectivity index is 1.27. The second kappa shape index (κ2) is 17.6. The normalized spacial score (nSPS) is 12.6. The van der Waals surface area contributed by atoms with Gasteiger partial charge in [0.1, 0.15) is 0 Å². The molecule has 74 heavy (non-hydrogen) atoms. The predicted molar refractivity (Wildman–Crippen MR) is 312 cm³/mol. The summed E-state index contributed by atoms with van der Waals surface area (Å²) in [5.74, 6) is 0.626. The van der Waals surface area contributed by atoms with Gasteiger partial charge in [-0.3, -0.25) is 0 Å². The van der Waals surface area contributed by atoms with Crippen molar-refractivity contribution in [3.63, 3.8) is 0 Å². The van der Waals surface area contributed by atoms with Gasteiger partial charge in [-0.2, -0.15) is 5.26 Å². The van der Waals surface area contributed by atoms with E-state index in [2.05, 4.69) is 256 Å². The maximum atomic E-state index is 10.8. The van der Waals surface area contributed by atoms with Crippen molar-refractivity contribution in [2.75, 3.05) is 0 Å². The number of hydrogen-bond acceptors (Lipinski definition) is 3. The highest BCUT2D eigenvalue weighted by atomic mass is 15.0. The predicted octanol–water partition coefficient (Wildman–Crippen LogP) is 18.4. The van der Waals surface area contributed by atoms with Crippen LogP contribution in [0.1, 0.15) is 111 Å². The second-order valence-corrected chi connectivity index (χ2v) is 24.4. The molecule has 5 nitrogen and oxygen atoms in total. The summed E-state index contributed by atoms with van der Waals surface area (Å²) in [7, 11) is 0. The third-order valence-corrected chi connectivity index (χ3v) is 15.0. The van der Waals surface area contributed by atoms with Crippen LogP contribution >= 0.6 is 0 Å². The van der Waals surface area contributed by atoms with E-state index in [9.17, 15) is 5.26 Å². The van der Waals surface area contributed by atoms with E-state index in [-0.39, 0.29) is 21.7 Å². The van der Waals surface area contributed by atoms with Crippen molar-refractivity contribution in [3.05, 3.63) is 204 Å². The quantitative estimate of drug-likeness (QED) is 0.167. The number of benzene rings is 8. The lowest BCUT2D eigenvalue weighted by molar-refractivity contribution is 0.590. The molecule has 0 saturated carbocycles. The fraction of sp³-hybridized carbons (Fsp3) is 0.232. The average molecular weight is 964 g/mol. The van der Waals surface area contributed by atoms with E-state index < -0.39 is 0 Å². The second-order valence-electron chi connectivity index (χ2n) is 24.4. The zero-order valence-electron chi connectivity index (χ0n) is 45.0. The van der Waals surface area contributed by atoms with Crippen molar-refractivity contribution < 1.29 is 0 Å². The number of nitriles is 1. The standard InChI is InChI=1S/C69H65N5/c1-66(2,3)47-25-31-60-53(37-47)54-38-48(67(4,5)6)26-32-61(54)73(60)59-30-24-46(65-71-57(44-19-15-13-16-20-44)41-58(72-65)45-21-17-14-18-22-45)36-52(59)51-29-23-43(42-70)35-64(51)74-62-33-27-49(68(7,8)9)39-55(62)56-40-50(69(10,11)12)28-34-63(56)74/h13-41H,1-12H3. The molecule has 0 aliphatic rings. The summed E-state index contributed by atoms with van der Waals surface area (Å²) < 4.78 is 4.85. The van der Waals surface area contributed by atoms with Crippen LogP contribution in [0.25, 0.3) is 100 Å². The Morgan fingerprint density at radius 3 is 1.12 bits per heavy atom. The van der Waals surface area contributed by atoms with Crippen LogP contribution in [0.3, 0.4) is 0 Å². The van der Waals surface area contributed by atoms with Crippen molar-refractivity contribution in [2.24, 2.45) is 0 Å². The van der Waals surface area contributed by atoms with Crippen LogP contribution in [-0.4, -0.2) is 19.1 Å². The highest BCUT2D eigenvalue weighted by Gasteiger charge is 2.27. The molecule has 11 rings (SSSR count). The van der Waals surface area contributed by atoms with Crippen LogP contribution < -0.4 is 0 Å². The summed E-state index contributed by atoms with van der Waals surface area (Å²) in [6.07, 6.45) is 0. The van der Waals surface area contributed by atoms with E-state index in [1.165, 1.54) is 43.8 Å². The molecule has 0 fully saturated rings. The third-order valence-electron chi connectivity index (χ3n) is 15.0. The van der Waals surface area contributed by atoms with Gasteiger partial charge in [-0.1, -0.05) is 174 Å². The maximum absolute atomic E-state index is 10.8. The molecular weight excluding hydrogens is 899 g/mol. The number of rotatable bonds is 6. The zero-order chi connectivity index (χ0) is 52.1. The number of fused-ring (bicyclic) bond motifs is 6. The fourth-order valence-corrected chi connectivity index (χ4v) is 10.6. The SMILES string of the molecule is CC(C)(C)c1ccc2c(c1)c1cc(C(C)(C)C)ccc1n2-c1ccc(-c2nc(-c3ccccc3)cc(-c3ccccc3)n2)cc1-c1ccc(C#N)cc1-n1c2ccc(C(C)(C)C)cc2c2cc(C(C)(C)C)ccc21. The van der Waals surface area contributed by atoms with E-state index in [4.69, 9.17) is 9.97 Å². The summed E-state index contributed by atoms with van der Waals surface area (Å²) in [4.78, 5) is 10.7. The molecule has 8 aromatic carbocycles. The molecule has 0 N–H and O–H groups in total. The topological polar surface area (TPSA) is 59.4 Å². The molecule has 0 aliphatic heterocycles. The number of aromatic nitrogens is 4. The molecule has 0 unspecified atom stereocenters. The fourth-order valence-electron chi connectivity index (χ4n) is 10.6. The van der Waals surface area contributed by atoms with E-state index in [1.807, 2.05) is 18.2 Å². The van der Waals surface area contributed by atoms with Crippen LogP contribution in [0, 0.1) is 11.3 Å². The summed E-state index contributed by atoms with van der Waals surface area (Å²) in [5, 5.41) is 15.6. The maximum Gasteiger partial charge on any atom is 0.160 e. The molecule has 0 saturated heterocycles. The number of hydrogen-bond donors (Lipinski definition) is 0. The van der Waals surface area contributed by atoms with Crippen LogP contribution in [0.15, 0.2) is 176 Å². The Hall–Kier alpha value is -8.07. The van der Waals surface area contributed by atoms with E-state index in [0.29, 0.717) is 11.4 Å². The lowest BCUT2D eigenvalue weighted by atomic mass is 9.85. The molecule has 0 aliphatic carbocycles. The minimum absolute atomic E-state index is 0.0507. The van der Waals surface area contributed by atoms with Crippen LogP contribution in [0.2, 0.25) is 0 Å². The summed E-state index contributed by atoms with van der Waals surface area (Å²) >= 11 is 0. The largest absolute Gasteiger partial charge is 0.309 e. The molecule has 3 aromatic heterocycles. The first-order chi connectivity index (χ1) is 35.2. The lowest BCUT2D eigenvalue weighted by Gasteiger charge is -2.22. The monoisotopic (exact) mass is 964 g/mol. The van der Waals surface area contributed by atoms with Gasteiger partial charge in [0.25, 0.3) is 0 Å². The van der Waals surface area contributed by atoms with Gasteiger partial charge in [-0.25, -0.2) is 9.97 Å². The Morgan fingerprint density at radius 1 is 0.351 bits per heavy atom. The van der Waals surface area contributed by atoms with Crippen molar-refractivity contribution in [1.82, 2.24) is 19.1 Å². The molecule has 0 spiro atoms. The molecule has 0 amide bonds. The molecule has 0 radical (unpaired) electrons. The summed E-state index contributed by atoms with van der Waals surface area (Å²) in [6, 6.07) is 66.2. The van der Waals surface area contributed by atoms with Crippen molar-refractivity contribution in [1.29, 1.82) is 5.26 Å². The molecule has 3 heterocycles. The summed E-state index contributed by atoms with van der Waals surface area (Å²) in [6.45, 7) is 27.4. The van der Waals surface area contributed by atoms with Crippen LogP contribution in [0.5, 0.6) is 0 Å². The van der Waals surface area contributed by atoms with Gasteiger partial charge in [0, 0.05) is 49.4 Å². The van der Waals surface area contributed by atoms with Gasteiger partial charge < -0.3 is 9.13 Å². The van der Waals surface area contributed by atoms with Crippen molar-refractivity contribution in [3.8, 4) is 62.5 Å². The first-order valence-corrected chi connectivity index (χ1v) is 26.0. The Bertz CT molecular complexity index is 3840. The lowest BCUT2D eigenvalue weighted by Crippen LogP contribution is -2.10. The van der Waals surface area contributed by atoms with E-state index in [1.54, 1.807) is 0 Å². The van der Waals surface area contributed by atoms with Crippen LogP contribution in [-0.2, 0) is 21.7 Å². The highest BCUT2D eigenvalue weighted by molar-refractivity contribution is 6.12. The smallest absolute Gasteiger partial charge is 0.160 e. The molecule has 0 atom stereocenters. The Kier molecular flexibility index (Phi) is 11.4. The van der Waals surface area contributed by atoms with Gasteiger partial charge in [0.2, 0.25) is 0 Å². The van der Waals surface area contributed by atoms with Crippen molar-refractivity contribution in [2.45, 2.75) is 105 Å². The third kappa shape index (κ3) is 8.56. The minimum Gasteiger partial charge on any atom is -0.309 e. The Morgan fingerprint density at radius 2 is 0.743 bits per heavy atom. The van der Waals surface area contributed by atoms with Gasteiger partial charge in [-0.05, 0) is 129 Å². The van der Waals surface area contributed by atoms with E-state index >= 15 is 0 Å². The van der Waals surface area contributed by atoms with E-state index in [0.717, 1.165) is 72.6 Å². The molecule has 5 heteroatoms. The van der Waals surface area contributed by atoms with Crippen LogP contribution in [0.4, 0.5) is 0 Å². The summed E-state index contributed by atoms with van der Waals surface area (Å²) in [5.41, 5.74) is 18.4. The van der Waals surface area contributed by atoms with Gasteiger partial charge in [0.05, 0.1) is 56.5 Å². The average Bonchev–Trinajstić information content (AvgIpc) is 3.89. The zero-order valence-corrected chi connectivity index (χ0v) is 45.0.